The van der Waals surface area contributed by atoms with Crippen LogP contribution in [-0.2, 0) is 4.79 Å². The van der Waals surface area contributed by atoms with Crippen molar-refractivity contribution in [3.63, 3.8) is 0 Å². The van der Waals surface area contributed by atoms with Crippen LogP contribution in [0.2, 0.25) is 0 Å². The standard InChI is InChI=1S/C12H9N5O4S/c13-3-6(11(21)17-12-15-4-16-22-12)9(19)5-1-7(14)10(20)8(18)2-5/h1-2,4,18-20H,14H2,(H,15,16,17,21)/b9-6-. The van der Waals surface area contributed by atoms with Crippen LogP contribution in [0.1, 0.15) is 5.56 Å². The molecule has 112 valence electrons. The Morgan fingerprint density at radius 2 is 2.14 bits per heavy atom. The predicted molar refractivity (Wildman–Crippen MR) is 77.9 cm³/mol. The highest BCUT2D eigenvalue weighted by atomic mass is 32.1. The Morgan fingerprint density at radius 1 is 1.41 bits per heavy atom. The van der Waals surface area contributed by atoms with Crippen molar-refractivity contribution in [3.05, 3.63) is 29.6 Å². The van der Waals surface area contributed by atoms with Crippen LogP contribution in [0.25, 0.3) is 5.76 Å². The van der Waals surface area contributed by atoms with E-state index >= 15 is 0 Å². The van der Waals surface area contributed by atoms with Gasteiger partial charge in [-0.3, -0.25) is 10.1 Å². The maximum atomic E-state index is 11.9. The second-order valence-electron chi connectivity index (χ2n) is 3.97. The molecule has 1 heterocycles. The number of nitriles is 1. The van der Waals surface area contributed by atoms with Gasteiger partial charge >= 0.3 is 0 Å². The quantitative estimate of drug-likeness (QED) is 0.183. The summed E-state index contributed by atoms with van der Waals surface area (Å²) in [6.07, 6.45) is 1.22. The van der Waals surface area contributed by atoms with Crippen LogP contribution in [0.3, 0.4) is 0 Å². The molecule has 0 fully saturated rings. The van der Waals surface area contributed by atoms with E-state index in [-0.39, 0.29) is 16.4 Å². The number of aromatic hydroxyl groups is 2. The van der Waals surface area contributed by atoms with E-state index in [1.165, 1.54) is 6.33 Å². The third-order valence-electron chi connectivity index (χ3n) is 2.55. The van der Waals surface area contributed by atoms with E-state index in [4.69, 9.17) is 11.0 Å². The number of aliphatic hydroxyl groups excluding tert-OH is 1. The van der Waals surface area contributed by atoms with Gasteiger partial charge < -0.3 is 21.1 Å². The van der Waals surface area contributed by atoms with Crippen molar-refractivity contribution < 1.29 is 20.1 Å². The molecule has 0 saturated heterocycles. The normalized spacial score (nSPS) is 11.4. The molecule has 0 bridgehead atoms. The molecule has 0 aliphatic carbocycles. The maximum Gasteiger partial charge on any atom is 0.271 e. The molecule has 0 unspecified atom stereocenters. The van der Waals surface area contributed by atoms with E-state index in [1.54, 1.807) is 6.07 Å². The second-order valence-corrected chi connectivity index (χ2v) is 4.75. The largest absolute Gasteiger partial charge is 0.506 e. The molecular formula is C12H9N5O4S. The fourth-order valence-corrected chi connectivity index (χ4v) is 1.95. The van der Waals surface area contributed by atoms with Crippen molar-refractivity contribution in [1.82, 2.24) is 9.36 Å². The molecule has 22 heavy (non-hydrogen) atoms. The fourth-order valence-electron chi connectivity index (χ4n) is 1.52. The molecule has 0 aliphatic rings. The van der Waals surface area contributed by atoms with Gasteiger partial charge in [0.25, 0.3) is 5.91 Å². The highest BCUT2D eigenvalue weighted by Crippen LogP contribution is 2.34. The number of aromatic nitrogens is 2. The lowest BCUT2D eigenvalue weighted by Crippen LogP contribution is -2.15. The molecule has 6 N–H and O–H groups in total. The number of aliphatic hydroxyl groups is 1. The van der Waals surface area contributed by atoms with Crippen molar-refractivity contribution >= 4 is 34.0 Å². The molecule has 0 saturated carbocycles. The van der Waals surface area contributed by atoms with Crippen LogP contribution in [-0.4, -0.2) is 30.6 Å². The van der Waals surface area contributed by atoms with Gasteiger partial charge in [0.15, 0.2) is 17.1 Å². The highest BCUT2D eigenvalue weighted by Gasteiger charge is 2.19. The first kappa shape index (κ1) is 15.1. The summed E-state index contributed by atoms with van der Waals surface area (Å²) in [6.45, 7) is 0. The smallest absolute Gasteiger partial charge is 0.271 e. The number of nitrogen functional groups attached to an aromatic ring is 1. The van der Waals surface area contributed by atoms with Gasteiger partial charge in [0.05, 0.1) is 5.69 Å². The number of nitrogens with zero attached hydrogens (tertiary/aromatic N) is 3. The van der Waals surface area contributed by atoms with Crippen LogP contribution >= 0.6 is 11.5 Å². The molecular weight excluding hydrogens is 310 g/mol. The summed E-state index contributed by atoms with van der Waals surface area (Å²) in [6, 6.07) is 3.64. The summed E-state index contributed by atoms with van der Waals surface area (Å²) in [5.74, 6) is -2.76. The van der Waals surface area contributed by atoms with Crippen molar-refractivity contribution in [2.24, 2.45) is 0 Å². The number of rotatable bonds is 3. The third kappa shape index (κ3) is 2.89. The first-order chi connectivity index (χ1) is 10.4. The van der Waals surface area contributed by atoms with E-state index in [0.717, 1.165) is 23.7 Å². The fraction of sp³-hybridized carbons (Fsp3) is 0. The van der Waals surface area contributed by atoms with Gasteiger partial charge in [-0.2, -0.15) is 9.64 Å². The number of benzene rings is 1. The number of nitrogens with one attached hydrogen (secondary N) is 1. The monoisotopic (exact) mass is 319 g/mol. The summed E-state index contributed by atoms with van der Waals surface area (Å²) in [5, 5.41) is 40.3. The van der Waals surface area contributed by atoms with Crippen LogP contribution < -0.4 is 11.1 Å². The highest BCUT2D eigenvalue weighted by molar-refractivity contribution is 7.09. The third-order valence-corrected chi connectivity index (χ3v) is 3.13. The van der Waals surface area contributed by atoms with Gasteiger partial charge in [0.2, 0.25) is 5.13 Å². The lowest BCUT2D eigenvalue weighted by atomic mass is 10.1. The number of anilines is 2. The lowest BCUT2D eigenvalue weighted by molar-refractivity contribution is -0.112. The minimum Gasteiger partial charge on any atom is -0.506 e. The first-order valence-electron chi connectivity index (χ1n) is 5.67. The van der Waals surface area contributed by atoms with E-state index < -0.39 is 28.7 Å². The molecule has 0 radical (unpaired) electrons. The molecule has 0 aliphatic heterocycles. The number of hydrogen-bond acceptors (Lipinski definition) is 9. The molecule has 2 aromatic rings. The zero-order valence-corrected chi connectivity index (χ0v) is 11.6. The molecule has 1 aromatic heterocycles. The Morgan fingerprint density at radius 3 is 2.68 bits per heavy atom. The van der Waals surface area contributed by atoms with Crippen molar-refractivity contribution in [2.45, 2.75) is 0 Å². The number of phenols is 2. The minimum atomic E-state index is -0.900. The number of nitrogens with two attached hydrogens (primary N) is 1. The maximum absolute atomic E-state index is 11.9. The second kappa shape index (κ2) is 5.98. The van der Waals surface area contributed by atoms with Crippen LogP contribution in [0.15, 0.2) is 24.0 Å². The van der Waals surface area contributed by atoms with Gasteiger partial charge in [-0.05, 0) is 12.1 Å². The molecule has 0 spiro atoms. The summed E-state index contributed by atoms with van der Waals surface area (Å²) in [7, 11) is 0. The topological polar surface area (TPSA) is 165 Å². The molecule has 10 heteroatoms. The van der Waals surface area contributed by atoms with Crippen LogP contribution in [0.5, 0.6) is 11.5 Å². The molecule has 1 amide bonds. The van der Waals surface area contributed by atoms with Gasteiger partial charge in [-0.25, -0.2) is 4.98 Å². The molecule has 9 nitrogen and oxygen atoms in total. The Hall–Kier alpha value is -3.32. The van der Waals surface area contributed by atoms with E-state index in [2.05, 4.69) is 14.7 Å². The van der Waals surface area contributed by atoms with E-state index in [1.807, 2.05) is 0 Å². The van der Waals surface area contributed by atoms with Gasteiger partial charge in [-0.1, -0.05) is 0 Å². The average Bonchev–Trinajstić information content (AvgIpc) is 2.97. The lowest BCUT2D eigenvalue weighted by Gasteiger charge is -2.08. The SMILES string of the molecule is N#C/C(C(=O)Nc1ncns1)=C(/O)c1cc(N)c(O)c(O)c1. The Balaban J connectivity index is 2.41. The Kier molecular flexibility index (Phi) is 4.10. The number of phenolic OH excluding ortho intramolecular Hbond substituents is 2. The van der Waals surface area contributed by atoms with Crippen LogP contribution in [0.4, 0.5) is 10.8 Å². The van der Waals surface area contributed by atoms with Gasteiger partial charge in [-0.15, -0.1) is 0 Å². The Labute approximate surface area is 127 Å². The predicted octanol–water partition coefficient (Wildman–Crippen LogP) is 0.963. The van der Waals surface area contributed by atoms with E-state index in [9.17, 15) is 20.1 Å². The van der Waals surface area contributed by atoms with Gasteiger partial charge in [0, 0.05) is 17.1 Å². The molecule has 1 aromatic carbocycles. The summed E-state index contributed by atoms with van der Waals surface area (Å²) in [5.41, 5.74) is 4.51. The Bertz CT molecular complexity index is 771. The summed E-state index contributed by atoms with van der Waals surface area (Å²) < 4.78 is 3.67. The van der Waals surface area contributed by atoms with E-state index in [0.29, 0.717) is 0 Å². The zero-order chi connectivity index (χ0) is 16.3. The summed E-state index contributed by atoms with van der Waals surface area (Å²) >= 11 is 0.894. The number of hydrogen-bond donors (Lipinski definition) is 5. The molecule has 2 rings (SSSR count). The number of carbonyl (C=O) groups excluding carboxylic acids is 1. The van der Waals surface area contributed by atoms with Gasteiger partial charge in [0.1, 0.15) is 18.2 Å². The minimum absolute atomic E-state index is 0.100. The zero-order valence-electron chi connectivity index (χ0n) is 10.8. The first-order valence-corrected chi connectivity index (χ1v) is 6.44. The number of amides is 1. The average molecular weight is 319 g/mol. The van der Waals surface area contributed by atoms with Crippen molar-refractivity contribution in [2.75, 3.05) is 11.1 Å². The van der Waals surface area contributed by atoms with Crippen molar-refractivity contribution in [1.29, 1.82) is 5.26 Å². The van der Waals surface area contributed by atoms with Crippen LogP contribution in [0, 0.1) is 11.3 Å². The molecule has 0 atom stereocenters. The van der Waals surface area contributed by atoms with Crippen molar-refractivity contribution in [3.8, 4) is 17.6 Å². The number of carbonyl (C=O) groups is 1. The summed E-state index contributed by atoms with van der Waals surface area (Å²) in [4.78, 5) is 15.7.